The Balaban J connectivity index is 1.05. The highest BCUT2D eigenvalue weighted by atomic mass is 16.3. The van der Waals surface area contributed by atoms with Gasteiger partial charge in [0.15, 0.2) is 0 Å². The van der Waals surface area contributed by atoms with E-state index < -0.39 is 5.41 Å². The first kappa shape index (κ1) is 34.3. The molecule has 2 aliphatic rings. The van der Waals surface area contributed by atoms with Gasteiger partial charge in [0.2, 0.25) is 0 Å². The topological polar surface area (TPSA) is 13.1 Å². The second-order valence-electron chi connectivity index (χ2n) is 17.8. The molecule has 0 unspecified atom stereocenters. The Morgan fingerprint density at radius 3 is 1.38 bits per heavy atom. The van der Waals surface area contributed by atoms with Crippen LogP contribution in [0.1, 0.15) is 22.3 Å². The molecule has 0 amide bonds. The SMILES string of the molecule is c1ccc2c(c1)-c1ccccc1C21c2cc3ccccc3cc2-c2c1c1ccc(-c3c4ccccc4c(-c4ccc5oc6ccccc6c5c4)c4ccccc34)cc1c1ccccc21. The van der Waals surface area contributed by atoms with Crippen molar-refractivity contribution in [1.82, 2.24) is 0 Å². The summed E-state index contributed by atoms with van der Waals surface area (Å²) in [5.41, 5.74) is 17.1. The van der Waals surface area contributed by atoms with Crippen LogP contribution in [0.15, 0.2) is 223 Å². The Morgan fingerprint density at radius 1 is 0.266 bits per heavy atom. The fourth-order valence-corrected chi connectivity index (χ4v) is 12.3. The Morgan fingerprint density at radius 2 is 0.734 bits per heavy atom. The van der Waals surface area contributed by atoms with Gasteiger partial charge in [-0.15, -0.1) is 0 Å². The summed E-state index contributed by atoms with van der Waals surface area (Å²) >= 11 is 0. The molecule has 1 nitrogen and oxygen atoms in total. The van der Waals surface area contributed by atoms with Gasteiger partial charge in [0.1, 0.15) is 11.2 Å². The summed E-state index contributed by atoms with van der Waals surface area (Å²) in [7, 11) is 0. The summed E-state index contributed by atoms with van der Waals surface area (Å²) in [6, 6.07) is 81.8. The van der Waals surface area contributed by atoms with Crippen molar-refractivity contribution in [2.24, 2.45) is 0 Å². The molecule has 0 aliphatic heterocycles. The van der Waals surface area contributed by atoms with E-state index in [4.69, 9.17) is 4.42 Å². The molecule has 0 saturated carbocycles. The molecule has 1 heteroatoms. The number of para-hydroxylation sites is 1. The van der Waals surface area contributed by atoms with Crippen LogP contribution in [0.3, 0.4) is 0 Å². The highest BCUT2D eigenvalue weighted by Crippen LogP contribution is 2.66. The van der Waals surface area contributed by atoms with E-state index in [0.717, 1.165) is 21.9 Å². The maximum absolute atomic E-state index is 6.29. The van der Waals surface area contributed by atoms with Crippen LogP contribution in [0.25, 0.3) is 120 Å². The maximum Gasteiger partial charge on any atom is 0.135 e. The van der Waals surface area contributed by atoms with Gasteiger partial charge < -0.3 is 4.42 Å². The first-order valence-corrected chi connectivity index (χ1v) is 22.3. The van der Waals surface area contributed by atoms with Crippen molar-refractivity contribution in [3.63, 3.8) is 0 Å². The van der Waals surface area contributed by atoms with Crippen molar-refractivity contribution in [1.29, 1.82) is 0 Å². The summed E-state index contributed by atoms with van der Waals surface area (Å²) in [6.07, 6.45) is 0. The van der Waals surface area contributed by atoms with Crippen LogP contribution >= 0.6 is 0 Å². The lowest BCUT2D eigenvalue weighted by Gasteiger charge is -2.32. The quantitative estimate of drug-likeness (QED) is 0.125. The van der Waals surface area contributed by atoms with E-state index in [1.165, 1.54) is 121 Å². The lowest BCUT2D eigenvalue weighted by atomic mass is 9.69. The van der Waals surface area contributed by atoms with E-state index in [0.29, 0.717) is 0 Å². The number of benzene rings is 12. The van der Waals surface area contributed by atoms with Gasteiger partial charge in [-0.3, -0.25) is 0 Å². The van der Waals surface area contributed by atoms with E-state index in [9.17, 15) is 0 Å². The highest BCUT2D eigenvalue weighted by molar-refractivity contribution is 6.25. The third-order valence-corrected chi connectivity index (χ3v) is 14.8. The second kappa shape index (κ2) is 12.4. The Labute approximate surface area is 369 Å². The lowest BCUT2D eigenvalue weighted by molar-refractivity contribution is 0.669. The van der Waals surface area contributed by atoms with Crippen molar-refractivity contribution in [3.05, 3.63) is 241 Å². The van der Waals surface area contributed by atoms with E-state index in [2.05, 4.69) is 212 Å². The van der Waals surface area contributed by atoms with Gasteiger partial charge in [-0.1, -0.05) is 182 Å². The van der Waals surface area contributed by atoms with Crippen molar-refractivity contribution >= 4 is 75.8 Å². The van der Waals surface area contributed by atoms with Crippen molar-refractivity contribution < 1.29 is 4.42 Å². The number of rotatable bonds is 2. The van der Waals surface area contributed by atoms with E-state index in [-0.39, 0.29) is 0 Å². The van der Waals surface area contributed by atoms with Gasteiger partial charge >= 0.3 is 0 Å². The standard InChI is InChI=1S/C63H36O/c1-2-16-38-36-56-53(33-37(38)15-1)61-45-21-4-3-17-41(45)51-34-39(29-31-50(51)62(61)63(56)54-26-12-9-18-42(54)43-19-10-13-27-55(43)63)59-46-22-5-7-24-48(46)60(49-25-8-6-23-47(49)59)40-30-32-58-52(35-40)44-20-11-14-28-57(44)64-58/h1-36H. The highest BCUT2D eigenvalue weighted by Gasteiger charge is 2.53. The molecule has 0 atom stereocenters. The van der Waals surface area contributed by atoms with Gasteiger partial charge in [0, 0.05) is 10.8 Å². The second-order valence-corrected chi connectivity index (χ2v) is 17.8. The minimum Gasteiger partial charge on any atom is -0.456 e. The van der Waals surface area contributed by atoms with Gasteiger partial charge in [0.25, 0.3) is 0 Å². The summed E-state index contributed by atoms with van der Waals surface area (Å²) in [4.78, 5) is 0. The fraction of sp³-hybridized carbons (Fsp3) is 0.0159. The molecule has 13 aromatic rings. The minimum atomic E-state index is -0.492. The first-order chi connectivity index (χ1) is 31.8. The summed E-state index contributed by atoms with van der Waals surface area (Å²) in [5, 5.41) is 14.9. The smallest absolute Gasteiger partial charge is 0.135 e. The predicted molar refractivity (Wildman–Crippen MR) is 268 cm³/mol. The van der Waals surface area contributed by atoms with Gasteiger partial charge in [-0.05, 0) is 157 Å². The maximum atomic E-state index is 6.29. The molecule has 0 radical (unpaired) electrons. The van der Waals surface area contributed by atoms with Crippen molar-refractivity contribution in [2.75, 3.05) is 0 Å². The largest absolute Gasteiger partial charge is 0.456 e. The summed E-state index contributed by atoms with van der Waals surface area (Å²) < 4.78 is 6.29. The third-order valence-electron chi connectivity index (χ3n) is 14.8. The molecule has 1 spiro atoms. The molecule has 0 N–H and O–H groups in total. The molecular weight excluding hydrogens is 773 g/mol. The van der Waals surface area contributed by atoms with Crippen LogP contribution in [-0.4, -0.2) is 0 Å². The molecule has 0 bridgehead atoms. The number of hydrogen-bond donors (Lipinski definition) is 0. The zero-order valence-corrected chi connectivity index (χ0v) is 34.7. The molecule has 1 aromatic heterocycles. The molecule has 0 fully saturated rings. The monoisotopic (exact) mass is 808 g/mol. The average molecular weight is 809 g/mol. The van der Waals surface area contributed by atoms with Gasteiger partial charge in [-0.25, -0.2) is 0 Å². The van der Waals surface area contributed by atoms with Crippen molar-refractivity contribution in [2.45, 2.75) is 5.41 Å². The lowest BCUT2D eigenvalue weighted by Crippen LogP contribution is -2.26. The Kier molecular flexibility index (Phi) is 6.67. The minimum absolute atomic E-state index is 0.492. The molecule has 294 valence electrons. The third kappa shape index (κ3) is 4.29. The van der Waals surface area contributed by atoms with Gasteiger partial charge in [-0.2, -0.15) is 0 Å². The van der Waals surface area contributed by atoms with Crippen LogP contribution in [-0.2, 0) is 5.41 Å². The Hall–Kier alpha value is -8.26. The van der Waals surface area contributed by atoms with Crippen LogP contribution in [0, 0.1) is 0 Å². The number of fused-ring (bicyclic) bond motifs is 21. The van der Waals surface area contributed by atoms with E-state index >= 15 is 0 Å². The number of furan rings is 1. The van der Waals surface area contributed by atoms with Crippen LogP contribution < -0.4 is 0 Å². The van der Waals surface area contributed by atoms with Crippen LogP contribution in [0.2, 0.25) is 0 Å². The number of hydrogen-bond acceptors (Lipinski definition) is 1. The van der Waals surface area contributed by atoms with Gasteiger partial charge in [0.05, 0.1) is 5.41 Å². The molecule has 1 heterocycles. The molecular formula is C63H36O. The molecule has 15 rings (SSSR count). The first-order valence-electron chi connectivity index (χ1n) is 22.3. The summed E-state index contributed by atoms with van der Waals surface area (Å²) in [5.74, 6) is 0. The fourth-order valence-electron chi connectivity index (χ4n) is 12.3. The Bertz CT molecular complexity index is 4100. The van der Waals surface area contributed by atoms with Crippen LogP contribution in [0.5, 0.6) is 0 Å². The normalized spacial score (nSPS) is 13.4. The molecule has 0 saturated heterocycles. The average Bonchev–Trinajstić information content (AvgIpc) is 3.98. The zero-order valence-electron chi connectivity index (χ0n) is 34.7. The molecule has 12 aromatic carbocycles. The molecule has 2 aliphatic carbocycles. The predicted octanol–water partition coefficient (Wildman–Crippen LogP) is 17.0. The van der Waals surface area contributed by atoms with E-state index in [1.807, 2.05) is 6.07 Å². The summed E-state index contributed by atoms with van der Waals surface area (Å²) in [6.45, 7) is 0. The zero-order chi connectivity index (χ0) is 41.7. The van der Waals surface area contributed by atoms with Crippen molar-refractivity contribution in [3.8, 4) is 44.5 Å². The molecule has 64 heavy (non-hydrogen) atoms. The van der Waals surface area contributed by atoms with Crippen LogP contribution in [0.4, 0.5) is 0 Å². The van der Waals surface area contributed by atoms with E-state index in [1.54, 1.807) is 0 Å².